The lowest BCUT2D eigenvalue weighted by atomic mass is 10.0. The normalized spacial score (nSPS) is 23.6. The molecule has 0 amide bonds. The SMILES string of the molecule is COC(=O)C1C(c2ccc(C)cc2)C1(C#N)C#N. The van der Waals surface area contributed by atoms with E-state index in [2.05, 4.69) is 4.74 Å². The van der Waals surface area contributed by atoms with Crippen LogP contribution in [-0.4, -0.2) is 13.1 Å². The molecule has 1 fully saturated rings. The van der Waals surface area contributed by atoms with Gasteiger partial charge in [0.15, 0.2) is 5.41 Å². The summed E-state index contributed by atoms with van der Waals surface area (Å²) in [5.41, 5.74) is 0.648. The lowest BCUT2D eigenvalue weighted by Gasteiger charge is -2.00. The largest absolute Gasteiger partial charge is 0.469 e. The van der Waals surface area contributed by atoms with Crippen LogP contribution in [0.15, 0.2) is 24.3 Å². The van der Waals surface area contributed by atoms with Gasteiger partial charge in [0.25, 0.3) is 0 Å². The van der Waals surface area contributed by atoms with Crippen molar-refractivity contribution in [2.45, 2.75) is 12.8 Å². The Labute approximate surface area is 105 Å². The predicted molar refractivity (Wildman–Crippen MR) is 63.1 cm³/mol. The lowest BCUT2D eigenvalue weighted by Crippen LogP contribution is -2.09. The van der Waals surface area contributed by atoms with E-state index < -0.39 is 17.3 Å². The Kier molecular flexibility index (Phi) is 2.80. The minimum atomic E-state index is -1.28. The molecule has 1 aromatic rings. The first kappa shape index (κ1) is 12.1. The highest BCUT2D eigenvalue weighted by atomic mass is 16.5. The summed E-state index contributed by atoms with van der Waals surface area (Å²) in [6, 6.07) is 11.5. The van der Waals surface area contributed by atoms with Crippen molar-refractivity contribution in [3.05, 3.63) is 35.4 Å². The average Bonchev–Trinajstić information content (AvgIpc) is 3.08. The van der Waals surface area contributed by atoms with Gasteiger partial charge in [-0.1, -0.05) is 29.8 Å². The van der Waals surface area contributed by atoms with Crippen molar-refractivity contribution in [1.82, 2.24) is 0 Å². The van der Waals surface area contributed by atoms with E-state index >= 15 is 0 Å². The summed E-state index contributed by atoms with van der Waals surface area (Å²) in [5.74, 6) is -1.57. The van der Waals surface area contributed by atoms with Crippen LogP contribution in [0.5, 0.6) is 0 Å². The van der Waals surface area contributed by atoms with E-state index in [0.717, 1.165) is 11.1 Å². The molecule has 4 heteroatoms. The fraction of sp³-hybridized carbons (Fsp3) is 0.357. The average molecular weight is 240 g/mol. The summed E-state index contributed by atoms with van der Waals surface area (Å²) in [4.78, 5) is 11.6. The van der Waals surface area contributed by atoms with Crippen molar-refractivity contribution >= 4 is 5.97 Å². The summed E-state index contributed by atoms with van der Waals surface area (Å²) in [7, 11) is 1.27. The maximum absolute atomic E-state index is 11.6. The molecule has 0 N–H and O–H groups in total. The molecule has 18 heavy (non-hydrogen) atoms. The number of benzene rings is 1. The molecule has 0 aliphatic heterocycles. The third kappa shape index (κ3) is 1.55. The number of ether oxygens (including phenoxy) is 1. The summed E-state index contributed by atoms with van der Waals surface area (Å²) in [6.07, 6.45) is 0. The lowest BCUT2D eigenvalue weighted by molar-refractivity contribution is -0.142. The standard InChI is InChI=1S/C14H12N2O2/c1-9-3-5-10(6-4-9)11-12(13(17)18-2)14(11,7-15)8-16/h3-6,11-12H,1-2H3. The van der Waals surface area contributed by atoms with Crippen LogP contribution in [0.2, 0.25) is 0 Å². The number of nitrogens with zero attached hydrogens (tertiary/aromatic N) is 2. The summed E-state index contributed by atoms with van der Waals surface area (Å²) in [5, 5.41) is 18.4. The maximum atomic E-state index is 11.6. The molecule has 0 aromatic heterocycles. The van der Waals surface area contributed by atoms with Crippen LogP contribution >= 0.6 is 0 Å². The monoisotopic (exact) mass is 240 g/mol. The number of esters is 1. The van der Waals surface area contributed by atoms with Crippen LogP contribution in [0.1, 0.15) is 17.0 Å². The van der Waals surface area contributed by atoms with Gasteiger partial charge in [-0.25, -0.2) is 0 Å². The zero-order valence-electron chi connectivity index (χ0n) is 10.2. The van der Waals surface area contributed by atoms with Crippen LogP contribution < -0.4 is 0 Å². The highest BCUT2D eigenvalue weighted by Crippen LogP contribution is 2.64. The molecule has 4 nitrogen and oxygen atoms in total. The maximum Gasteiger partial charge on any atom is 0.312 e. The molecule has 2 rings (SSSR count). The Morgan fingerprint density at radius 2 is 1.83 bits per heavy atom. The van der Waals surface area contributed by atoms with Gasteiger partial charge in [-0.15, -0.1) is 0 Å². The van der Waals surface area contributed by atoms with E-state index in [1.54, 1.807) is 0 Å². The van der Waals surface area contributed by atoms with Crippen molar-refractivity contribution in [2.75, 3.05) is 7.11 Å². The van der Waals surface area contributed by atoms with Gasteiger partial charge in [-0.2, -0.15) is 10.5 Å². The van der Waals surface area contributed by atoms with Crippen molar-refractivity contribution in [3.63, 3.8) is 0 Å². The Bertz CT molecular complexity index is 549. The Balaban J connectivity index is 2.40. The van der Waals surface area contributed by atoms with Gasteiger partial charge in [-0.3, -0.25) is 4.79 Å². The van der Waals surface area contributed by atoms with Crippen molar-refractivity contribution in [2.24, 2.45) is 11.3 Å². The molecule has 1 aromatic carbocycles. The Morgan fingerprint density at radius 3 is 2.28 bits per heavy atom. The van der Waals surface area contributed by atoms with Crippen LogP contribution in [0.3, 0.4) is 0 Å². The van der Waals surface area contributed by atoms with Gasteiger partial charge in [0.2, 0.25) is 0 Å². The van der Waals surface area contributed by atoms with Crippen LogP contribution in [-0.2, 0) is 9.53 Å². The second-order valence-electron chi connectivity index (χ2n) is 4.48. The second-order valence-corrected chi connectivity index (χ2v) is 4.48. The molecular formula is C14H12N2O2. The van der Waals surface area contributed by atoms with E-state index in [1.807, 2.05) is 43.3 Å². The van der Waals surface area contributed by atoms with Gasteiger partial charge >= 0.3 is 5.97 Å². The third-order valence-electron chi connectivity index (χ3n) is 3.47. The molecule has 0 heterocycles. The summed E-state index contributed by atoms with van der Waals surface area (Å²) < 4.78 is 4.67. The van der Waals surface area contributed by atoms with Gasteiger partial charge in [0.1, 0.15) is 0 Å². The smallest absolute Gasteiger partial charge is 0.312 e. The first-order valence-corrected chi connectivity index (χ1v) is 5.57. The number of carbonyl (C=O) groups excluding carboxylic acids is 1. The van der Waals surface area contributed by atoms with Gasteiger partial charge < -0.3 is 4.74 Å². The second kappa shape index (κ2) is 4.16. The highest BCUT2D eigenvalue weighted by Gasteiger charge is 2.71. The quantitative estimate of drug-likeness (QED) is 0.740. The Hall–Kier alpha value is -2.33. The third-order valence-corrected chi connectivity index (χ3v) is 3.47. The number of rotatable bonds is 2. The van der Waals surface area contributed by atoms with Crippen molar-refractivity contribution < 1.29 is 9.53 Å². The predicted octanol–water partition coefficient (Wildman–Crippen LogP) is 1.91. The molecule has 0 radical (unpaired) electrons. The number of aryl methyl sites for hydroxylation is 1. The number of hydrogen-bond donors (Lipinski definition) is 0. The number of hydrogen-bond acceptors (Lipinski definition) is 4. The molecule has 1 aliphatic rings. The molecule has 2 atom stereocenters. The minimum Gasteiger partial charge on any atom is -0.469 e. The highest BCUT2D eigenvalue weighted by molar-refractivity contribution is 5.82. The van der Waals surface area contributed by atoms with Crippen molar-refractivity contribution in [3.8, 4) is 12.1 Å². The zero-order valence-corrected chi connectivity index (χ0v) is 10.2. The molecule has 1 saturated carbocycles. The summed E-state index contributed by atoms with van der Waals surface area (Å²) >= 11 is 0. The molecule has 90 valence electrons. The minimum absolute atomic E-state index is 0.388. The van der Waals surface area contributed by atoms with Gasteiger partial charge in [0.05, 0.1) is 25.2 Å². The first-order chi connectivity index (χ1) is 8.60. The van der Waals surface area contributed by atoms with E-state index in [0.29, 0.717) is 0 Å². The van der Waals surface area contributed by atoms with Crippen LogP contribution in [0.25, 0.3) is 0 Å². The van der Waals surface area contributed by atoms with E-state index in [9.17, 15) is 15.3 Å². The fourth-order valence-corrected chi connectivity index (χ4v) is 2.37. The van der Waals surface area contributed by atoms with Crippen LogP contribution in [0, 0.1) is 40.9 Å². The topological polar surface area (TPSA) is 73.9 Å². The fourth-order valence-electron chi connectivity index (χ4n) is 2.37. The molecule has 0 saturated heterocycles. The molecule has 2 unspecified atom stereocenters. The first-order valence-electron chi connectivity index (χ1n) is 5.57. The summed E-state index contributed by atoms with van der Waals surface area (Å²) in [6.45, 7) is 1.95. The van der Waals surface area contributed by atoms with E-state index in [-0.39, 0.29) is 5.92 Å². The number of nitriles is 2. The number of methoxy groups -OCH3 is 1. The van der Waals surface area contributed by atoms with Gasteiger partial charge in [0, 0.05) is 5.92 Å². The molecule has 0 spiro atoms. The van der Waals surface area contributed by atoms with E-state index in [4.69, 9.17) is 0 Å². The van der Waals surface area contributed by atoms with Crippen LogP contribution in [0.4, 0.5) is 0 Å². The number of carbonyl (C=O) groups is 1. The van der Waals surface area contributed by atoms with Gasteiger partial charge in [-0.05, 0) is 12.5 Å². The molecule has 0 bridgehead atoms. The molecule has 1 aliphatic carbocycles. The van der Waals surface area contributed by atoms with E-state index in [1.165, 1.54) is 7.11 Å². The van der Waals surface area contributed by atoms with Crippen molar-refractivity contribution in [1.29, 1.82) is 10.5 Å². The Morgan fingerprint density at radius 1 is 1.28 bits per heavy atom. The zero-order chi connectivity index (χ0) is 13.3. The molecular weight excluding hydrogens is 228 g/mol.